The van der Waals surface area contributed by atoms with Crippen molar-refractivity contribution in [3.05, 3.63) is 71.7 Å². The number of aromatic amines is 1. The second-order valence-electron chi connectivity index (χ2n) is 5.37. The normalized spacial score (nSPS) is 10.5. The first kappa shape index (κ1) is 15.9. The fraction of sp³-hybridized carbons (Fsp3) is 0.167. The summed E-state index contributed by atoms with van der Waals surface area (Å²) in [5.74, 6) is -0.634. The maximum absolute atomic E-state index is 13.0. The number of aromatic nitrogens is 3. The topological polar surface area (TPSA) is 70.7 Å². The second kappa shape index (κ2) is 7.50. The molecule has 0 atom stereocenters. The SMILES string of the molecule is O=C(NCCCc1ccccc1)c1n[nH]nc1-c1ccc(F)cc1. The minimum atomic E-state index is -0.339. The Morgan fingerprint density at radius 1 is 1.04 bits per heavy atom. The number of aryl methyl sites for hydroxylation is 1. The predicted molar refractivity (Wildman–Crippen MR) is 88.9 cm³/mol. The fourth-order valence-electron chi connectivity index (χ4n) is 2.42. The summed E-state index contributed by atoms with van der Waals surface area (Å²) in [6, 6.07) is 15.9. The number of H-pyrrole nitrogens is 1. The highest BCUT2D eigenvalue weighted by molar-refractivity contribution is 5.97. The fourth-order valence-corrected chi connectivity index (χ4v) is 2.42. The Morgan fingerprint density at radius 2 is 1.79 bits per heavy atom. The number of nitrogens with zero attached hydrogens (tertiary/aromatic N) is 2. The molecule has 0 aliphatic carbocycles. The van der Waals surface area contributed by atoms with Crippen LogP contribution < -0.4 is 5.32 Å². The van der Waals surface area contributed by atoms with Crippen molar-refractivity contribution in [3.8, 4) is 11.3 Å². The molecule has 1 heterocycles. The molecule has 5 nitrogen and oxygen atoms in total. The van der Waals surface area contributed by atoms with Gasteiger partial charge < -0.3 is 5.32 Å². The second-order valence-corrected chi connectivity index (χ2v) is 5.37. The molecule has 0 fully saturated rings. The van der Waals surface area contributed by atoms with Crippen LogP contribution in [0.15, 0.2) is 54.6 Å². The zero-order valence-electron chi connectivity index (χ0n) is 13.0. The lowest BCUT2D eigenvalue weighted by Crippen LogP contribution is -2.25. The molecule has 122 valence electrons. The summed E-state index contributed by atoms with van der Waals surface area (Å²) in [6.07, 6.45) is 1.73. The Kier molecular flexibility index (Phi) is 4.96. The predicted octanol–water partition coefficient (Wildman–Crippen LogP) is 2.97. The Labute approximate surface area is 138 Å². The molecule has 0 unspecified atom stereocenters. The first-order valence-electron chi connectivity index (χ1n) is 7.73. The average Bonchev–Trinajstić information content (AvgIpc) is 3.10. The third-order valence-corrected chi connectivity index (χ3v) is 3.65. The lowest BCUT2D eigenvalue weighted by atomic mass is 10.1. The third kappa shape index (κ3) is 3.84. The summed E-state index contributed by atoms with van der Waals surface area (Å²) in [7, 11) is 0. The Balaban J connectivity index is 1.58. The van der Waals surface area contributed by atoms with Crippen LogP contribution in [0.5, 0.6) is 0 Å². The molecular weight excluding hydrogens is 307 g/mol. The van der Waals surface area contributed by atoms with Gasteiger partial charge in [-0.1, -0.05) is 30.3 Å². The molecular formula is C18H17FN4O. The molecule has 24 heavy (non-hydrogen) atoms. The van der Waals surface area contributed by atoms with Gasteiger partial charge in [-0.2, -0.15) is 15.4 Å². The van der Waals surface area contributed by atoms with E-state index in [9.17, 15) is 9.18 Å². The zero-order valence-corrected chi connectivity index (χ0v) is 13.0. The van der Waals surface area contributed by atoms with Crippen molar-refractivity contribution in [1.82, 2.24) is 20.7 Å². The first-order valence-corrected chi connectivity index (χ1v) is 7.73. The van der Waals surface area contributed by atoms with Crippen LogP contribution in [0.25, 0.3) is 11.3 Å². The molecule has 0 spiro atoms. The minimum absolute atomic E-state index is 0.210. The van der Waals surface area contributed by atoms with E-state index in [0.29, 0.717) is 17.8 Å². The lowest BCUT2D eigenvalue weighted by Gasteiger charge is -2.05. The Morgan fingerprint density at radius 3 is 2.54 bits per heavy atom. The van der Waals surface area contributed by atoms with E-state index in [4.69, 9.17) is 0 Å². The molecule has 1 aromatic heterocycles. The number of benzene rings is 2. The van der Waals surface area contributed by atoms with Gasteiger partial charge in [-0.15, -0.1) is 0 Å². The highest BCUT2D eigenvalue weighted by atomic mass is 19.1. The van der Waals surface area contributed by atoms with Crippen molar-refractivity contribution in [3.63, 3.8) is 0 Å². The summed E-state index contributed by atoms with van der Waals surface area (Å²) >= 11 is 0. The van der Waals surface area contributed by atoms with Gasteiger partial charge in [0.05, 0.1) is 0 Å². The standard InChI is InChI=1S/C18H17FN4O/c19-15-10-8-14(9-11-15)16-17(22-23-21-16)18(24)20-12-4-7-13-5-2-1-3-6-13/h1-3,5-6,8-11H,4,7,12H2,(H,20,24)(H,21,22,23). The first-order chi connectivity index (χ1) is 11.7. The molecule has 0 aliphatic rings. The smallest absolute Gasteiger partial charge is 0.274 e. The number of hydrogen-bond acceptors (Lipinski definition) is 3. The summed E-state index contributed by atoms with van der Waals surface area (Å²) in [4.78, 5) is 12.3. The van der Waals surface area contributed by atoms with E-state index < -0.39 is 0 Å². The maximum atomic E-state index is 13.0. The Hall–Kier alpha value is -3.02. The molecule has 0 saturated carbocycles. The van der Waals surface area contributed by atoms with Gasteiger partial charge in [-0.25, -0.2) is 4.39 Å². The van der Waals surface area contributed by atoms with Crippen molar-refractivity contribution in [2.24, 2.45) is 0 Å². The van der Waals surface area contributed by atoms with Gasteiger partial charge in [0.25, 0.3) is 5.91 Å². The van der Waals surface area contributed by atoms with E-state index in [0.717, 1.165) is 12.8 Å². The van der Waals surface area contributed by atoms with Crippen LogP contribution in [-0.4, -0.2) is 27.9 Å². The van der Waals surface area contributed by atoms with Crippen molar-refractivity contribution >= 4 is 5.91 Å². The van der Waals surface area contributed by atoms with Gasteiger partial charge in [0, 0.05) is 12.1 Å². The molecule has 6 heteroatoms. The van der Waals surface area contributed by atoms with Crippen molar-refractivity contribution in [2.45, 2.75) is 12.8 Å². The van der Waals surface area contributed by atoms with Crippen molar-refractivity contribution in [1.29, 1.82) is 0 Å². The average molecular weight is 324 g/mol. The number of hydrogen-bond donors (Lipinski definition) is 2. The van der Waals surface area contributed by atoms with E-state index in [1.807, 2.05) is 18.2 Å². The van der Waals surface area contributed by atoms with Crippen LogP contribution in [-0.2, 0) is 6.42 Å². The summed E-state index contributed by atoms with van der Waals surface area (Å²) in [6.45, 7) is 0.545. The monoisotopic (exact) mass is 324 g/mol. The number of amides is 1. The van der Waals surface area contributed by atoms with Gasteiger partial charge >= 0.3 is 0 Å². The van der Waals surface area contributed by atoms with Gasteiger partial charge in [-0.05, 0) is 42.7 Å². The van der Waals surface area contributed by atoms with Crippen LogP contribution in [0.1, 0.15) is 22.5 Å². The highest BCUT2D eigenvalue weighted by Gasteiger charge is 2.17. The molecule has 0 radical (unpaired) electrons. The quantitative estimate of drug-likeness (QED) is 0.685. The summed E-state index contributed by atoms with van der Waals surface area (Å²) in [5, 5.41) is 13.2. The van der Waals surface area contributed by atoms with Crippen molar-refractivity contribution < 1.29 is 9.18 Å². The molecule has 2 N–H and O–H groups in total. The van der Waals surface area contributed by atoms with E-state index in [-0.39, 0.29) is 17.4 Å². The van der Waals surface area contributed by atoms with Gasteiger partial charge in [0.1, 0.15) is 11.5 Å². The van der Waals surface area contributed by atoms with Crippen molar-refractivity contribution in [2.75, 3.05) is 6.54 Å². The maximum Gasteiger partial charge on any atom is 0.274 e. The van der Waals surface area contributed by atoms with Crippen LogP contribution in [0.2, 0.25) is 0 Å². The molecule has 0 aliphatic heterocycles. The molecule has 0 bridgehead atoms. The van der Waals surface area contributed by atoms with Crippen LogP contribution in [0, 0.1) is 5.82 Å². The molecule has 3 rings (SSSR count). The largest absolute Gasteiger partial charge is 0.351 e. The van der Waals surface area contributed by atoms with Gasteiger partial charge in [0.15, 0.2) is 5.69 Å². The number of carbonyl (C=O) groups is 1. The third-order valence-electron chi connectivity index (χ3n) is 3.65. The number of halogens is 1. The van der Waals surface area contributed by atoms with Crippen LogP contribution in [0.3, 0.4) is 0 Å². The molecule has 2 aromatic carbocycles. The van der Waals surface area contributed by atoms with E-state index in [2.05, 4.69) is 32.9 Å². The Bertz CT molecular complexity index is 799. The highest BCUT2D eigenvalue weighted by Crippen LogP contribution is 2.19. The van der Waals surface area contributed by atoms with Gasteiger partial charge in [-0.3, -0.25) is 4.79 Å². The molecule has 1 amide bonds. The van der Waals surface area contributed by atoms with E-state index in [1.165, 1.54) is 17.7 Å². The lowest BCUT2D eigenvalue weighted by molar-refractivity contribution is 0.0949. The zero-order chi connectivity index (χ0) is 16.8. The van der Waals surface area contributed by atoms with Crippen LogP contribution >= 0.6 is 0 Å². The summed E-state index contributed by atoms with van der Waals surface area (Å²) < 4.78 is 13.0. The van der Waals surface area contributed by atoms with Crippen LogP contribution in [0.4, 0.5) is 4.39 Å². The van der Waals surface area contributed by atoms with Gasteiger partial charge in [0.2, 0.25) is 0 Å². The number of rotatable bonds is 6. The van der Waals surface area contributed by atoms with E-state index >= 15 is 0 Å². The summed E-state index contributed by atoms with van der Waals surface area (Å²) in [5.41, 5.74) is 2.50. The molecule has 0 saturated heterocycles. The molecule has 3 aromatic rings. The van der Waals surface area contributed by atoms with E-state index in [1.54, 1.807) is 12.1 Å². The number of carbonyl (C=O) groups excluding carboxylic acids is 1. The minimum Gasteiger partial charge on any atom is -0.351 e. The number of nitrogens with one attached hydrogen (secondary N) is 2.